The normalized spacial score (nSPS) is 12.3. The Morgan fingerprint density at radius 3 is 2.93 bits per heavy atom. The summed E-state index contributed by atoms with van der Waals surface area (Å²) in [4.78, 5) is 37.4. The molecular weight excluding hydrogens is 398 g/mol. The predicted molar refractivity (Wildman–Crippen MR) is 107 cm³/mol. The van der Waals surface area contributed by atoms with Gasteiger partial charge in [-0.2, -0.15) is 5.26 Å². The molecule has 1 heterocycles. The van der Waals surface area contributed by atoms with Gasteiger partial charge in [-0.3, -0.25) is 9.59 Å². The Bertz CT molecular complexity index is 972. The van der Waals surface area contributed by atoms with Crippen molar-refractivity contribution in [2.75, 3.05) is 28.7 Å². The van der Waals surface area contributed by atoms with Crippen molar-refractivity contribution in [3.63, 3.8) is 0 Å². The summed E-state index contributed by atoms with van der Waals surface area (Å²) >= 11 is 2.70. The van der Waals surface area contributed by atoms with E-state index in [1.54, 1.807) is 30.3 Å². The molecule has 0 saturated carbocycles. The van der Waals surface area contributed by atoms with Crippen LogP contribution >= 0.6 is 23.5 Å². The zero-order valence-electron chi connectivity index (χ0n) is 14.6. The third-order valence-electron chi connectivity index (χ3n) is 3.64. The first-order valence-electron chi connectivity index (χ1n) is 8.19. The van der Waals surface area contributed by atoms with Crippen LogP contribution in [0.5, 0.6) is 0 Å². The number of hydrogen-bond acceptors (Lipinski definition) is 7. The Morgan fingerprint density at radius 2 is 2.11 bits per heavy atom. The number of benzene rings is 2. The van der Waals surface area contributed by atoms with Crippen molar-refractivity contribution in [1.82, 2.24) is 0 Å². The number of nitrogens with zero attached hydrogens (tertiary/aromatic N) is 1. The molecular formula is C19H15N3O4S2. The van der Waals surface area contributed by atoms with Gasteiger partial charge in [0.1, 0.15) is 0 Å². The van der Waals surface area contributed by atoms with Gasteiger partial charge in [0.25, 0.3) is 5.91 Å². The maximum atomic E-state index is 12.2. The first-order valence-corrected chi connectivity index (χ1v) is 10.2. The highest BCUT2D eigenvalue weighted by Crippen LogP contribution is 2.32. The molecule has 2 aromatic carbocycles. The molecule has 0 atom stereocenters. The number of ether oxygens (including phenoxy) is 1. The fourth-order valence-electron chi connectivity index (χ4n) is 2.42. The third kappa shape index (κ3) is 5.06. The largest absolute Gasteiger partial charge is 0.452 e. The van der Waals surface area contributed by atoms with Gasteiger partial charge < -0.3 is 15.4 Å². The lowest BCUT2D eigenvalue weighted by atomic mass is 10.2. The number of esters is 1. The summed E-state index contributed by atoms with van der Waals surface area (Å²) in [6, 6.07) is 14.0. The highest BCUT2D eigenvalue weighted by molar-refractivity contribution is 8.00. The second kappa shape index (κ2) is 9.30. The molecule has 0 aromatic heterocycles. The first kappa shape index (κ1) is 19.8. The molecule has 2 amide bonds. The lowest BCUT2D eigenvalue weighted by Crippen LogP contribution is -2.22. The second-order valence-corrected chi connectivity index (χ2v) is 7.65. The highest BCUT2D eigenvalue weighted by Gasteiger charge is 2.18. The minimum Gasteiger partial charge on any atom is -0.452 e. The van der Waals surface area contributed by atoms with Gasteiger partial charge in [0, 0.05) is 9.79 Å². The van der Waals surface area contributed by atoms with E-state index in [4.69, 9.17) is 10.00 Å². The molecule has 0 spiro atoms. The summed E-state index contributed by atoms with van der Waals surface area (Å²) in [6.07, 6.45) is 0. The predicted octanol–water partition coefficient (Wildman–Crippen LogP) is 3.14. The van der Waals surface area contributed by atoms with Crippen LogP contribution in [0, 0.1) is 11.3 Å². The standard InChI is InChI=1S/C19H15N3O4S2/c20-7-8-27-15-4-2-1-3-13(15)21-17(23)10-26-19(25)12-5-6-16-14(9-12)22-18(24)11-28-16/h1-6,9H,8,10-11H2,(H,21,23)(H,22,24). The Labute approximate surface area is 169 Å². The molecule has 2 N–H and O–H groups in total. The molecule has 0 saturated heterocycles. The summed E-state index contributed by atoms with van der Waals surface area (Å²) in [5, 5.41) is 14.1. The van der Waals surface area contributed by atoms with E-state index in [0.29, 0.717) is 17.1 Å². The highest BCUT2D eigenvalue weighted by atomic mass is 32.2. The molecule has 0 bridgehead atoms. The number of carbonyl (C=O) groups is 3. The van der Waals surface area contributed by atoms with Gasteiger partial charge in [-0.1, -0.05) is 12.1 Å². The molecule has 2 aromatic rings. The monoisotopic (exact) mass is 413 g/mol. The van der Waals surface area contributed by atoms with Crippen LogP contribution in [0.3, 0.4) is 0 Å². The number of rotatable bonds is 6. The quantitative estimate of drug-likeness (QED) is 0.553. The van der Waals surface area contributed by atoms with Gasteiger partial charge in [-0.25, -0.2) is 4.79 Å². The first-order chi connectivity index (χ1) is 13.6. The maximum Gasteiger partial charge on any atom is 0.338 e. The van der Waals surface area contributed by atoms with Crippen molar-refractivity contribution in [2.24, 2.45) is 0 Å². The van der Waals surface area contributed by atoms with Crippen molar-refractivity contribution in [3.05, 3.63) is 48.0 Å². The van der Waals surface area contributed by atoms with Crippen molar-refractivity contribution in [1.29, 1.82) is 5.26 Å². The van der Waals surface area contributed by atoms with E-state index in [0.717, 1.165) is 9.79 Å². The van der Waals surface area contributed by atoms with E-state index in [1.165, 1.54) is 29.6 Å². The van der Waals surface area contributed by atoms with Gasteiger partial charge >= 0.3 is 5.97 Å². The topological polar surface area (TPSA) is 108 Å². The molecule has 1 aliphatic heterocycles. The van der Waals surface area contributed by atoms with Crippen LogP contribution in [0.4, 0.5) is 11.4 Å². The zero-order chi connectivity index (χ0) is 19.9. The number of amides is 2. The van der Waals surface area contributed by atoms with E-state index in [9.17, 15) is 14.4 Å². The van der Waals surface area contributed by atoms with Crippen LogP contribution in [-0.2, 0) is 14.3 Å². The molecule has 142 valence electrons. The smallest absolute Gasteiger partial charge is 0.338 e. The van der Waals surface area contributed by atoms with E-state index in [2.05, 4.69) is 10.6 Å². The van der Waals surface area contributed by atoms with E-state index in [1.807, 2.05) is 12.1 Å². The number of carbonyl (C=O) groups excluding carboxylic acids is 3. The molecule has 3 rings (SSSR count). The minimum atomic E-state index is -0.657. The van der Waals surface area contributed by atoms with Crippen LogP contribution in [0.1, 0.15) is 10.4 Å². The van der Waals surface area contributed by atoms with E-state index in [-0.39, 0.29) is 17.2 Å². The average molecular weight is 413 g/mol. The fourth-order valence-corrected chi connectivity index (χ4v) is 3.87. The summed E-state index contributed by atoms with van der Waals surface area (Å²) in [7, 11) is 0. The van der Waals surface area contributed by atoms with Crippen molar-refractivity contribution in [2.45, 2.75) is 9.79 Å². The number of hydrogen-bond donors (Lipinski definition) is 2. The van der Waals surface area contributed by atoms with Gasteiger partial charge in [-0.05, 0) is 30.3 Å². The molecule has 9 heteroatoms. The summed E-state index contributed by atoms with van der Waals surface area (Å²) < 4.78 is 5.07. The van der Waals surface area contributed by atoms with Crippen LogP contribution < -0.4 is 10.6 Å². The molecule has 28 heavy (non-hydrogen) atoms. The molecule has 0 fully saturated rings. The molecule has 1 aliphatic rings. The molecule has 0 aliphatic carbocycles. The summed E-state index contributed by atoms with van der Waals surface area (Å²) in [6.45, 7) is -0.450. The summed E-state index contributed by atoms with van der Waals surface area (Å²) in [5.74, 6) is -0.675. The van der Waals surface area contributed by atoms with E-state index < -0.39 is 18.5 Å². The maximum absolute atomic E-state index is 12.2. The van der Waals surface area contributed by atoms with Crippen LogP contribution in [0.2, 0.25) is 0 Å². The van der Waals surface area contributed by atoms with Gasteiger partial charge in [0.05, 0.1) is 34.5 Å². The van der Waals surface area contributed by atoms with Crippen molar-refractivity contribution < 1.29 is 19.1 Å². The van der Waals surface area contributed by atoms with Crippen LogP contribution in [0.15, 0.2) is 52.3 Å². The fraction of sp³-hybridized carbons (Fsp3) is 0.158. The number of nitrogens with one attached hydrogen (secondary N) is 2. The third-order valence-corrected chi connectivity index (χ3v) is 5.65. The lowest BCUT2D eigenvalue weighted by Gasteiger charge is -2.16. The van der Waals surface area contributed by atoms with Crippen molar-refractivity contribution >= 4 is 52.7 Å². The Hall–Kier alpha value is -2.96. The van der Waals surface area contributed by atoms with E-state index >= 15 is 0 Å². The Morgan fingerprint density at radius 1 is 1.29 bits per heavy atom. The minimum absolute atomic E-state index is 0.129. The molecule has 0 radical (unpaired) electrons. The number of fused-ring (bicyclic) bond motifs is 1. The SMILES string of the molecule is N#CCSc1ccccc1NC(=O)COC(=O)c1ccc2c(c1)NC(=O)CS2. The second-order valence-electron chi connectivity index (χ2n) is 5.62. The van der Waals surface area contributed by atoms with Gasteiger partial charge in [-0.15, -0.1) is 23.5 Å². The Balaban J connectivity index is 1.58. The van der Waals surface area contributed by atoms with Gasteiger partial charge in [0.2, 0.25) is 5.91 Å². The number of nitriles is 1. The van der Waals surface area contributed by atoms with Crippen LogP contribution in [0.25, 0.3) is 0 Å². The number of anilines is 2. The Kier molecular flexibility index (Phi) is 6.57. The van der Waals surface area contributed by atoms with Gasteiger partial charge in [0.15, 0.2) is 6.61 Å². The van der Waals surface area contributed by atoms with Crippen molar-refractivity contribution in [3.8, 4) is 6.07 Å². The zero-order valence-corrected chi connectivity index (χ0v) is 16.2. The molecule has 0 unspecified atom stereocenters. The number of thioether (sulfide) groups is 2. The summed E-state index contributed by atoms with van der Waals surface area (Å²) in [5.41, 5.74) is 1.36. The molecule has 7 nitrogen and oxygen atoms in total. The number of para-hydroxylation sites is 1. The van der Waals surface area contributed by atoms with Crippen LogP contribution in [-0.4, -0.2) is 35.9 Å². The average Bonchev–Trinajstić information content (AvgIpc) is 2.70. The lowest BCUT2D eigenvalue weighted by molar-refractivity contribution is -0.119.